The van der Waals surface area contributed by atoms with Crippen molar-refractivity contribution in [2.45, 2.75) is 6.04 Å². The largest absolute Gasteiger partial charge is 0.508 e. The lowest BCUT2D eigenvalue weighted by Gasteiger charge is -2.14. The van der Waals surface area contributed by atoms with Crippen molar-refractivity contribution in [3.63, 3.8) is 0 Å². The maximum atomic E-state index is 9.26. The van der Waals surface area contributed by atoms with Crippen LogP contribution < -0.4 is 5.73 Å². The van der Waals surface area contributed by atoms with Crippen molar-refractivity contribution in [3.05, 3.63) is 54.1 Å². The zero-order valence-corrected chi connectivity index (χ0v) is 9.38. The first-order valence-electron chi connectivity index (χ1n) is 5.47. The first-order chi connectivity index (χ1) is 8.22. The van der Waals surface area contributed by atoms with Crippen molar-refractivity contribution < 1.29 is 10.2 Å². The average Bonchev–Trinajstić information content (AvgIpc) is 2.39. The van der Waals surface area contributed by atoms with E-state index in [4.69, 9.17) is 10.8 Å². The molecule has 0 aliphatic heterocycles. The summed E-state index contributed by atoms with van der Waals surface area (Å²) in [6, 6.07) is 14.2. The Kier molecular flexibility index (Phi) is 3.42. The van der Waals surface area contributed by atoms with Crippen LogP contribution in [0.4, 0.5) is 0 Å². The number of hydrogen-bond acceptors (Lipinski definition) is 3. The average molecular weight is 229 g/mol. The normalized spacial score (nSPS) is 12.4. The topological polar surface area (TPSA) is 66.5 Å². The predicted molar refractivity (Wildman–Crippen MR) is 67.6 cm³/mol. The predicted octanol–water partition coefficient (Wildman–Crippen LogP) is 2.05. The Hall–Kier alpha value is -1.84. The summed E-state index contributed by atoms with van der Waals surface area (Å²) in [5, 5.41) is 18.4. The molecule has 0 saturated carbocycles. The molecule has 0 aliphatic carbocycles. The van der Waals surface area contributed by atoms with Crippen LogP contribution in [0.15, 0.2) is 48.5 Å². The van der Waals surface area contributed by atoms with Gasteiger partial charge in [0.2, 0.25) is 0 Å². The van der Waals surface area contributed by atoms with Gasteiger partial charge in [0.1, 0.15) is 5.75 Å². The standard InChI is InChI=1S/C14H15NO2/c15-14(9-16)13-4-2-1-3-12(13)10-5-7-11(17)8-6-10/h1-8,14,16-17H,9,15H2. The Morgan fingerprint density at radius 2 is 1.65 bits per heavy atom. The summed E-state index contributed by atoms with van der Waals surface area (Å²) in [5.41, 5.74) is 8.72. The number of aliphatic hydroxyl groups excluding tert-OH is 1. The summed E-state index contributed by atoms with van der Waals surface area (Å²) in [6.45, 7) is -0.0882. The van der Waals surface area contributed by atoms with Crippen molar-refractivity contribution in [1.29, 1.82) is 0 Å². The van der Waals surface area contributed by atoms with Gasteiger partial charge in [-0.3, -0.25) is 0 Å². The van der Waals surface area contributed by atoms with Crippen molar-refractivity contribution in [1.82, 2.24) is 0 Å². The van der Waals surface area contributed by atoms with E-state index in [0.717, 1.165) is 16.7 Å². The molecule has 3 nitrogen and oxygen atoms in total. The van der Waals surface area contributed by atoms with Gasteiger partial charge in [0, 0.05) is 0 Å². The van der Waals surface area contributed by atoms with Gasteiger partial charge in [-0.05, 0) is 28.8 Å². The Bertz CT molecular complexity index is 494. The molecule has 0 radical (unpaired) electrons. The third-order valence-electron chi connectivity index (χ3n) is 2.74. The zero-order valence-electron chi connectivity index (χ0n) is 9.38. The molecule has 0 amide bonds. The molecule has 1 atom stereocenters. The molecule has 88 valence electrons. The van der Waals surface area contributed by atoms with Crippen LogP contribution in [0, 0.1) is 0 Å². The van der Waals surface area contributed by atoms with E-state index in [0.29, 0.717) is 0 Å². The smallest absolute Gasteiger partial charge is 0.115 e. The van der Waals surface area contributed by atoms with Gasteiger partial charge in [0.05, 0.1) is 12.6 Å². The Morgan fingerprint density at radius 3 is 2.29 bits per heavy atom. The van der Waals surface area contributed by atoms with Gasteiger partial charge in [0.15, 0.2) is 0 Å². The Labute approximate surface area is 100 Å². The third kappa shape index (κ3) is 2.46. The second-order valence-corrected chi connectivity index (χ2v) is 3.92. The molecule has 0 bridgehead atoms. The maximum Gasteiger partial charge on any atom is 0.115 e. The monoisotopic (exact) mass is 229 g/mol. The second kappa shape index (κ2) is 4.99. The molecule has 2 rings (SSSR count). The fourth-order valence-corrected chi connectivity index (χ4v) is 1.82. The summed E-state index contributed by atoms with van der Waals surface area (Å²) in [7, 11) is 0. The van der Waals surface area contributed by atoms with Crippen molar-refractivity contribution in [2.75, 3.05) is 6.61 Å². The van der Waals surface area contributed by atoms with Gasteiger partial charge in [0.25, 0.3) is 0 Å². The van der Waals surface area contributed by atoms with Crippen LogP contribution in [-0.2, 0) is 0 Å². The van der Waals surface area contributed by atoms with Gasteiger partial charge < -0.3 is 15.9 Å². The number of aromatic hydroxyl groups is 1. The number of nitrogens with two attached hydrogens (primary N) is 1. The molecule has 2 aromatic rings. The van der Waals surface area contributed by atoms with Crippen LogP contribution in [0.2, 0.25) is 0 Å². The highest BCUT2D eigenvalue weighted by Gasteiger charge is 2.10. The highest BCUT2D eigenvalue weighted by Crippen LogP contribution is 2.28. The van der Waals surface area contributed by atoms with Gasteiger partial charge in [-0.25, -0.2) is 0 Å². The minimum absolute atomic E-state index is 0.0882. The number of phenolic OH excluding ortho intramolecular Hbond substituents is 1. The van der Waals surface area contributed by atoms with E-state index in [9.17, 15) is 5.11 Å². The van der Waals surface area contributed by atoms with E-state index < -0.39 is 0 Å². The van der Waals surface area contributed by atoms with Crippen LogP contribution in [0.5, 0.6) is 5.75 Å². The summed E-state index contributed by atoms with van der Waals surface area (Å²) in [4.78, 5) is 0. The summed E-state index contributed by atoms with van der Waals surface area (Å²) in [5.74, 6) is 0.234. The SMILES string of the molecule is NC(CO)c1ccccc1-c1ccc(O)cc1. The van der Waals surface area contributed by atoms with Crippen LogP contribution >= 0.6 is 0 Å². The quantitative estimate of drug-likeness (QED) is 0.754. The molecule has 0 aromatic heterocycles. The molecule has 4 N–H and O–H groups in total. The van der Waals surface area contributed by atoms with Crippen LogP contribution in [0.25, 0.3) is 11.1 Å². The second-order valence-electron chi connectivity index (χ2n) is 3.92. The number of phenols is 1. The molecule has 0 spiro atoms. The minimum Gasteiger partial charge on any atom is -0.508 e. The van der Waals surface area contributed by atoms with Gasteiger partial charge in [-0.15, -0.1) is 0 Å². The van der Waals surface area contributed by atoms with E-state index in [1.807, 2.05) is 36.4 Å². The van der Waals surface area contributed by atoms with Crippen molar-refractivity contribution >= 4 is 0 Å². The highest BCUT2D eigenvalue weighted by molar-refractivity contribution is 5.68. The molecule has 0 fully saturated rings. The molecule has 0 saturated heterocycles. The number of hydrogen-bond donors (Lipinski definition) is 3. The summed E-state index contributed by atoms with van der Waals surface area (Å²) >= 11 is 0. The van der Waals surface area contributed by atoms with Crippen LogP contribution in [0.1, 0.15) is 11.6 Å². The van der Waals surface area contributed by atoms with Crippen molar-refractivity contribution in [3.8, 4) is 16.9 Å². The number of benzene rings is 2. The first-order valence-corrected chi connectivity index (χ1v) is 5.47. The molecule has 0 heterocycles. The summed E-state index contributed by atoms with van der Waals surface area (Å²) in [6.07, 6.45) is 0. The fraction of sp³-hybridized carbons (Fsp3) is 0.143. The van der Waals surface area contributed by atoms with E-state index in [-0.39, 0.29) is 18.4 Å². The first kappa shape index (κ1) is 11.6. The molecule has 17 heavy (non-hydrogen) atoms. The summed E-state index contributed by atoms with van der Waals surface area (Å²) < 4.78 is 0. The highest BCUT2D eigenvalue weighted by atomic mass is 16.3. The number of aliphatic hydroxyl groups is 1. The minimum atomic E-state index is -0.389. The Morgan fingerprint density at radius 1 is 1.00 bits per heavy atom. The molecule has 0 aliphatic rings. The molecule has 3 heteroatoms. The van der Waals surface area contributed by atoms with Crippen LogP contribution in [0.3, 0.4) is 0 Å². The number of rotatable bonds is 3. The zero-order chi connectivity index (χ0) is 12.3. The third-order valence-corrected chi connectivity index (χ3v) is 2.74. The molecular weight excluding hydrogens is 214 g/mol. The lowest BCUT2D eigenvalue weighted by molar-refractivity contribution is 0.268. The van der Waals surface area contributed by atoms with E-state index in [1.165, 1.54) is 0 Å². The maximum absolute atomic E-state index is 9.26. The molecule has 1 unspecified atom stereocenters. The van der Waals surface area contributed by atoms with Gasteiger partial charge in [-0.2, -0.15) is 0 Å². The van der Waals surface area contributed by atoms with E-state index >= 15 is 0 Å². The lowest BCUT2D eigenvalue weighted by Crippen LogP contribution is -2.15. The van der Waals surface area contributed by atoms with E-state index in [1.54, 1.807) is 12.1 Å². The fourth-order valence-electron chi connectivity index (χ4n) is 1.82. The van der Waals surface area contributed by atoms with Crippen molar-refractivity contribution in [2.24, 2.45) is 5.73 Å². The lowest BCUT2D eigenvalue weighted by atomic mass is 9.95. The van der Waals surface area contributed by atoms with Crippen LogP contribution in [-0.4, -0.2) is 16.8 Å². The molecular formula is C14H15NO2. The van der Waals surface area contributed by atoms with E-state index in [2.05, 4.69) is 0 Å². The van der Waals surface area contributed by atoms with Gasteiger partial charge >= 0.3 is 0 Å². The Balaban J connectivity index is 2.48. The molecule has 2 aromatic carbocycles. The van der Waals surface area contributed by atoms with Gasteiger partial charge in [-0.1, -0.05) is 36.4 Å².